The number of rotatable bonds is 5. The Kier molecular flexibility index (Phi) is 3.74. The zero-order valence-corrected chi connectivity index (χ0v) is 12.7. The van der Waals surface area contributed by atoms with Crippen molar-refractivity contribution in [2.45, 2.75) is 45.9 Å². The van der Waals surface area contributed by atoms with Gasteiger partial charge in [-0.3, -0.25) is 0 Å². The van der Waals surface area contributed by atoms with Crippen molar-refractivity contribution in [2.75, 3.05) is 18.5 Å². The summed E-state index contributed by atoms with van der Waals surface area (Å²) >= 11 is 0. The van der Waals surface area contributed by atoms with E-state index in [-0.39, 0.29) is 5.41 Å². The number of anilines is 1. The maximum Gasteiger partial charge on any atom is 0.0736 e. The lowest BCUT2D eigenvalue weighted by molar-refractivity contribution is -0.0923. The molecule has 3 unspecified atom stereocenters. The van der Waals surface area contributed by atoms with Gasteiger partial charge >= 0.3 is 0 Å². The molecule has 20 heavy (non-hydrogen) atoms. The predicted molar refractivity (Wildman–Crippen MR) is 80.8 cm³/mol. The maximum absolute atomic E-state index is 5.87. The molecule has 1 aliphatic carbocycles. The molecule has 1 heterocycles. The standard InChI is InChI=1S/C17H25NO2/c1-4-19-11-12-7-5-6-8-14(12)18-15-13-9-10-20-16(13)17(15,2)3/h5-8,13,15-16,18H,4,9-11H2,1-3H3. The Morgan fingerprint density at radius 2 is 2.15 bits per heavy atom. The van der Waals surface area contributed by atoms with Crippen molar-refractivity contribution in [1.82, 2.24) is 0 Å². The zero-order chi connectivity index (χ0) is 14.2. The number of para-hydroxylation sites is 1. The molecule has 3 rings (SSSR count). The van der Waals surface area contributed by atoms with Gasteiger partial charge in [0.05, 0.1) is 12.7 Å². The molecule has 0 radical (unpaired) electrons. The smallest absolute Gasteiger partial charge is 0.0736 e. The number of nitrogens with one attached hydrogen (secondary N) is 1. The second-order valence-electron chi connectivity index (χ2n) is 6.48. The Balaban J connectivity index is 1.74. The number of fused-ring (bicyclic) bond motifs is 1. The summed E-state index contributed by atoms with van der Waals surface area (Å²) in [5.74, 6) is 0.658. The normalized spacial score (nSPS) is 30.6. The van der Waals surface area contributed by atoms with Crippen LogP contribution in [0.3, 0.4) is 0 Å². The third kappa shape index (κ3) is 2.23. The van der Waals surface area contributed by atoms with Crippen LogP contribution in [0.5, 0.6) is 0 Å². The number of hydrogen-bond acceptors (Lipinski definition) is 3. The van der Waals surface area contributed by atoms with Gasteiger partial charge < -0.3 is 14.8 Å². The fourth-order valence-electron chi connectivity index (χ4n) is 3.78. The molecule has 1 aromatic carbocycles. The van der Waals surface area contributed by atoms with E-state index in [4.69, 9.17) is 9.47 Å². The number of benzene rings is 1. The Hall–Kier alpha value is -1.06. The summed E-state index contributed by atoms with van der Waals surface area (Å²) in [6, 6.07) is 8.97. The number of hydrogen-bond donors (Lipinski definition) is 1. The summed E-state index contributed by atoms with van der Waals surface area (Å²) in [5.41, 5.74) is 2.66. The van der Waals surface area contributed by atoms with Crippen LogP contribution in [0.15, 0.2) is 24.3 Å². The molecule has 1 aliphatic heterocycles. The third-order valence-corrected chi connectivity index (χ3v) is 4.89. The van der Waals surface area contributed by atoms with Gasteiger partial charge in [0.1, 0.15) is 0 Å². The van der Waals surface area contributed by atoms with Crippen LogP contribution in [-0.4, -0.2) is 25.4 Å². The van der Waals surface area contributed by atoms with Gasteiger partial charge in [-0.05, 0) is 19.4 Å². The van der Waals surface area contributed by atoms with E-state index in [1.54, 1.807) is 0 Å². The average molecular weight is 275 g/mol. The molecular formula is C17H25NO2. The summed E-state index contributed by atoms with van der Waals surface area (Å²) in [6.45, 7) is 8.99. The van der Waals surface area contributed by atoms with Gasteiger partial charge in [0.25, 0.3) is 0 Å². The Bertz CT molecular complexity index is 472. The lowest BCUT2D eigenvalue weighted by Crippen LogP contribution is -2.63. The summed E-state index contributed by atoms with van der Waals surface area (Å²) in [5, 5.41) is 3.76. The fourth-order valence-corrected chi connectivity index (χ4v) is 3.78. The van der Waals surface area contributed by atoms with Crippen LogP contribution in [0.2, 0.25) is 0 Å². The molecule has 1 aromatic rings. The van der Waals surface area contributed by atoms with Crippen molar-refractivity contribution in [1.29, 1.82) is 0 Å². The molecule has 1 N–H and O–H groups in total. The molecule has 1 saturated carbocycles. The Labute approximate surface area is 121 Å². The van der Waals surface area contributed by atoms with Gasteiger partial charge in [-0.1, -0.05) is 32.0 Å². The average Bonchev–Trinajstić information content (AvgIpc) is 2.90. The van der Waals surface area contributed by atoms with Crippen LogP contribution in [0.1, 0.15) is 32.8 Å². The van der Waals surface area contributed by atoms with Gasteiger partial charge in [-0.25, -0.2) is 0 Å². The van der Waals surface area contributed by atoms with Crippen molar-refractivity contribution in [3.8, 4) is 0 Å². The van der Waals surface area contributed by atoms with E-state index in [2.05, 4.69) is 43.4 Å². The lowest BCUT2D eigenvalue weighted by Gasteiger charge is -2.55. The highest BCUT2D eigenvalue weighted by atomic mass is 16.5. The van der Waals surface area contributed by atoms with E-state index >= 15 is 0 Å². The number of ether oxygens (including phenoxy) is 2. The molecule has 3 atom stereocenters. The zero-order valence-electron chi connectivity index (χ0n) is 12.7. The van der Waals surface area contributed by atoms with Crippen molar-refractivity contribution in [2.24, 2.45) is 11.3 Å². The van der Waals surface area contributed by atoms with Gasteiger partial charge in [-0.15, -0.1) is 0 Å². The second-order valence-corrected chi connectivity index (χ2v) is 6.48. The largest absolute Gasteiger partial charge is 0.381 e. The second kappa shape index (κ2) is 5.38. The topological polar surface area (TPSA) is 30.5 Å². The molecule has 3 nitrogen and oxygen atoms in total. The van der Waals surface area contributed by atoms with Crippen LogP contribution in [0.4, 0.5) is 5.69 Å². The molecule has 3 heteroatoms. The minimum atomic E-state index is 0.208. The molecule has 1 saturated heterocycles. The summed E-state index contributed by atoms with van der Waals surface area (Å²) in [6.07, 6.45) is 1.61. The van der Waals surface area contributed by atoms with Crippen LogP contribution >= 0.6 is 0 Å². The quantitative estimate of drug-likeness (QED) is 0.893. The minimum absolute atomic E-state index is 0.208. The SMILES string of the molecule is CCOCc1ccccc1NC1C2CCOC2C1(C)C. The molecule has 0 aromatic heterocycles. The van der Waals surface area contributed by atoms with Gasteiger partial charge in [0.15, 0.2) is 0 Å². The fraction of sp³-hybridized carbons (Fsp3) is 0.647. The van der Waals surface area contributed by atoms with E-state index in [9.17, 15) is 0 Å². The molecular weight excluding hydrogens is 250 g/mol. The summed E-state index contributed by atoms with van der Waals surface area (Å²) in [4.78, 5) is 0. The molecule has 2 fully saturated rings. The summed E-state index contributed by atoms with van der Waals surface area (Å²) < 4.78 is 11.4. The lowest BCUT2D eigenvalue weighted by atomic mass is 9.57. The van der Waals surface area contributed by atoms with E-state index in [0.29, 0.717) is 24.7 Å². The van der Waals surface area contributed by atoms with Gasteiger partial charge in [-0.2, -0.15) is 0 Å². The third-order valence-electron chi connectivity index (χ3n) is 4.89. The first-order valence-electron chi connectivity index (χ1n) is 7.68. The van der Waals surface area contributed by atoms with E-state index < -0.39 is 0 Å². The highest BCUT2D eigenvalue weighted by Gasteiger charge is 2.59. The van der Waals surface area contributed by atoms with Crippen LogP contribution in [0, 0.1) is 11.3 Å². The van der Waals surface area contributed by atoms with Crippen molar-refractivity contribution >= 4 is 5.69 Å². The predicted octanol–water partition coefficient (Wildman–Crippen LogP) is 3.45. The monoisotopic (exact) mass is 275 g/mol. The minimum Gasteiger partial charge on any atom is -0.381 e. The first kappa shape index (κ1) is 13.9. The van der Waals surface area contributed by atoms with E-state index in [1.165, 1.54) is 17.7 Å². The molecule has 2 aliphatic rings. The van der Waals surface area contributed by atoms with Crippen LogP contribution in [0.25, 0.3) is 0 Å². The van der Waals surface area contributed by atoms with Crippen LogP contribution < -0.4 is 5.32 Å². The highest BCUT2D eigenvalue weighted by Crippen LogP contribution is 2.53. The molecule has 0 bridgehead atoms. The maximum atomic E-state index is 5.87. The van der Waals surface area contributed by atoms with Crippen LogP contribution in [-0.2, 0) is 16.1 Å². The summed E-state index contributed by atoms with van der Waals surface area (Å²) in [7, 11) is 0. The van der Waals surface area contributed by atoms with E-state index in [0.717, 1.165) is 13.2 Å². The van der Waals surface area contributed by atoms with Gasteiger partial charge in [0, 0.05) is 41.8 Å². The first-order valence-corrected chi connectivity index (χ1v) is 7.68. The van der Waals surface area contributed by atoms with Crippen molar-refractivity contribution < 1.29 is 9.47 Å². The van der Waals surface area contributed by atoms with Gasteiger partial charge in [0.2, 0.25) is 0 Å². The Morgan fingerprint density at radius 1 is 1.35 bits per heavy atom. The highest BCUT2D eigenvalue weighted by molar-refractivity contribution is 5.53. The van der Waals surface area contributed by atoms with Crippen molar-refractivity contribution in [3.05, 3.63) is 29.8 Å². The van der Waals surface area contributed by atoms with Crippen molar-refractivity contribution in [3.63, 3.8) is 0 Å². The Morgan fingerprint density at radius 3 is 2.95 bits per heavy atom. The van der Waals surface area contributed by atoms with E-state index in [1.807, 2.05) is 6.92 Å². The first-order chi connectivity index (χ1) is 9.64. The molecule has 0 amide bonds. The molecule has 110 valence electrons. The molecule has 0 spiro atoms.